The van der Waals surface area contributed by atoms with E-state index in [1.54, 1.807) is 29.1 Å². The molecule has 2 amide bonds. The summed E-state index contributed by atoms with van der Waals surface area (Å²) in [5.41, 5.74) is 1.03. The van der Waals surface area contributed by atoms with E-state index in [0.717, 1.165) is 18.4 Å². The predicted octanol–water partition coefficient (Wildman–Crippen LogP) is 3.43. The monoisotopic (exact) mass is 374 g/mol. The number of carbonyl (C=O) groups is 2. The molecule has 26 heavy (non-hydrogen) atoms. The lowest BCUT2D eigenvalue weighted by Crippen LogP contribution is -2.45. The van der Waals surface area contributed by atoms with E-state index in [1.165, 1.54) is 0 Å². The van der Waals surface area contributed by atoms with Crippen LogP contribution in [0, 0.1) is 0 Å². The Kier molecular flexibility index (Phi) is 5.99. The van der Waals surface area contributed by atoms with Gasteiger partial charge in [-0.1, -0.05) is 30.3 Å². The third-order valence-electron chi connectivity index (χ3n) is 4.41. The molecule has 1 fully saturated rings. The van der Waals surface area contributed by atoms with Gasteiger partial charge in [0.2, 0.25) is 11.8 Å². The zero-order chi connectivity index (χ0) is 18.5. The summed E-state index contributed by atoms with van der Waals surface area (Å²) in [5, 5.41) is -0.629. The van der Waals surface area contributed by atoms with Gasteiger partial charge in [-0.3, -0.25) is 9.59 Å². The van der Waals surface area contributed by atoms with Crippen molar-refractivity contribution in [3.8, 4) is 0 Å². The molecule has 138 valence electrons. The van der Waals surface area contributed by atoms with E-state index in [-0.39, 0.29) is 24.4 Å². The number of hydrogen-bond donors (Lipinski definition) is 0. The van der Waals surface area contributed by atoms with E-state index in [2.05, 4.69) is 0 Å². The Hall–Kier alpha value is -2.27. The van der Waals surface area contributed by atoms with Crippen molar-refractivity contribution in [1.29, 1.82) is 0 Å². The van der Waals surface area contributed by atoms with Gasteiger partial charge in [-0.2, -0.15) is 0 Å². The molecular weight excluding hydrogens is 352 g/mol. The van der Waals surface area contributed by atoms with Gasteiger partial charge < -0.3 is 14.2 Å². The van der Waals surface area contributed by atoms with Crippen molar-refractivity contribution in [3.05, 3.63) is 60.1 Å². The summed E-state index contributed by atoms with van der Waals surface area (Å²) in [4.78, 5) is 28.7. The van der Waals surface area contributed by atoms with Gasteiger partial charge in [-0.15, -0.1) is 11.6 Å². The fourth-order valence-corrected chi connectivity index (χ4v) is 3.00. The number of halogens is 1. The Labute approximate surface area is 158 Å². The highest BCUT2D eigenvalue weighted by Crippen LogP contribution is 2.28. The van der Waals surface area contributed by atoms with Crippen LogP contribution in [0.1, 0.15) is 31.1 Å². The Balaban J connectivity index is 1.73. The summed E-state index contributed by atoms with van der Waals surface area (Å²) >= 11 is 5.97. The molecule has 0 aliphatic heterocycles. The molecule has 5 nitrogen and oxygen atoms in total. The Morgan fingerprint density at radius 1 is 1.15 bits per heavy atom. The molecule has 0 saturated heterocycles. The van der Waals surface area contributed by atoms with Crippen molar-refractivity contribution in [3.63, 3.8) is 0 Å². The van der Waals surface area contributed by atoms with E-state index < -0.39 is 5.38 Å². The van der Waals surface area contributed by atoms with E-state index in [9.17, 15) is 9.59 Å². The molecule has 1 aromatic heterocycles. The summed E-state index contributed by atoms with van der Waals surface area (Å²) in [6.45, 7) is 2.52. The van der Waals surface area contributed by atoms with Crippen LogP contribution in [0.4, 0.5) is 0 Å². The van der Waals surface area contributed by atoms with Crippen LogP contribution < -0.4 is 0 Å². The Morgan fingerprint density at radius 3 is 2.46 bits per heavy atom. The van der Waals surface area contributed by atoms with Crippen LogP contribution >= 0.6 is 11.6 Å². The smallest absolute Gasteiger partial charge is 0.242 e. The number of benzene rings is 1. The molecule has 0 bridgehead atoms. The highest BCUT2D eigenvalue weighted by Gasteiger charge is 2.36. The van der Waals surface area contributed by atoms with E-state index in [1.807, 2.05) is 36.4 Å². The molecule has 0 radical (unpaired) electrons. The van der Waals surface area contributed by atoms with Crippen LogP contribution in [-0.2, 0) is 22.7 Å². The van der Waals surface area contributed by atoms with Crippen molar-refractivity contribution in [1.82, 2.24) is 9.80 Å². The number of carbonyl (C=O) groups excluding carboxylic acids is 2. The Bertz CT molecular complexity index is 727. The summed E-state index contributed by atoms with van der Waals surface area (Å²) < 4.78 is 5.41. The molecule has 0 spiro atoms. The van der Waals surface area contributed by atoms with Crippen LogP contribution in [0.3, 0.4) is 0 Å². The third kappa shape index (κ3) is 4.88. The first-order valence-electron chi connectivity index (χ1n) is 8.83. The molecule has 1 saturated carbocycles. The van der Waals surface area contributed by atoms with Crippen LogP contribution in [0.15, 0.2) is 53.1 Å². The molecule has 2 aromatic rings. The predicted molar refractivity (Wildman–Crippen MR) is 99.5 cm³/mol. The minimum absolute atomic E-state index is 0.0497. The second-order valence-corrected chi connectivity index (χ2v) is 7.28. The minimum atomic E-state index is -0.629. The zero-order valence-electron chi connectivity index (χ0n) is 14.8. The van der Waals surface area contributed by atoms with Crippen molar-refractivity contribution in [2.45, 2.75) is 44.3 Å². The molecule has 1 aromatic carbocycles. The van der Waals surface area contributed by atoms with Crippen LogP contribution in [0.5, 0.6) is 0 Å². The summed E-state index contributed by atoms with van der Waals surface area (Å²) in [6.07, 6.45) is 3.45. The maximum atomic E-state index is 13.0. The fraction of sp³-hybridized carbons (Fsp3) is 0.400. The highest BCUT2D eigenvalue weighted by molar-refractivity contribution is 6.30. The van der Waals surface area contributed by atoms with Gasteiger partial charge in [0, 0.05) is 12.6 Å². The molecule has 1 unspecified atom stereocenters. The first-order valence-corrected chi connectivity index (χ1v) is 9.27. The maximum Gasteiger partial charge on any atom is 0.242 e. The van der Waals surface area contributed by atoms with Gasteiger partial charge in [-0.05, 0) is 37.5 Å². The second kappa shape index (κ2) is 8.41. The first-order chi connectivity index (χ1) is 12.5. The number of alkyl halides is 1. The van der Waals surface area contributed by atoms with E-state index in [0.29, 0.717) is 18.8 Å². The molecular formula is C20H23ClN2O3. The number of rotatable bonds is 8. The highest BCUT2D eigenvalue weighted by atomic mass is 35.5. The van der Waals surface area contributed by atoms with Crippen molar-refractivity contribution >= 4 is 23.4 Å². The number of hydrogen-bond acceptors (Lipinski definition) is 3. The molecule has 0 N–H and O–H groups in total. The van der Waals surface area contributed by atoms with Crippen molar-refractivity contribution in [2.75, 3.05) is 6.54 Å². The lowest BCUT2D eigenvalue weighted by molar-refractivity contribution is -0.141. The number of amides is 2. The van der Waals surface area contributed by atoms with Gasteiger partial charge in [0.15, 0.2) is 0 Å². The third-order valence-corrected chi connectivity index (χ3v) is 4.60. The average Bonchev–Trinajstić information content (AvgIpc) is 3.35. The van der Waals surface area contributed by atoms with Gasteiger partial charge in [-0.25, -0.2) is 0 Å². The zero-order valence-corrected chi connectivity index (χ0v) is 15.6. The average molecular weight is 375 g/mol. The number of nitrogens with zero attached hydrogens (tertiary/aromatic N) is 2. The molecule has 6 heteroatoms. The van der Waals surface area contributed by atoms with Crippen LogP contribution in [0.2, 0.25) is 0 Å². The van der Waals surface area contributed by atoms with Crippen LogP contribution in [0.25, 0.3) is 0 Å². The lowest BCUT2D eigenvalue weighted by Gasteiger charge is -2.28. The molecule has 1 aliphatic carbocycles. The molecule has 1 aliphatic rings. The Morgan fingerprint density at radius 2 is 1.88 bits per heavy atom. The van der Waals surface area contributed by atoms with Gasteiger partial charge in [0.1, 0.15) is 17.7 Å². The normalized spacial score (nSPS) is 14.7. The van der Waals surface area contributed by atoms with E-state index in [4.69, 9.17) is 16.0 Å². The quantitative estimate of drug-likeness (QED) is 0.665. The van der Waals surface area contributed by atoms with Gasteiger partial charge in [0.25, 0.3) is 0 Å². The standard InChI is InChI=1S/C20H23ClN2O3/c1-15(21)20(25)23(17-9-10-17)14-19(24)22(13-18-8-5-11-26-18)12-16-6-3-2-4-7-16/h2-8,11,15,17H,9-10,12-14H2,1H3. The largest absolute Gasteiger partial charge is 0.467 e. The molecule has 1 heterocycles. The summed E-state index contributed by atoms with van der Waals surface area (Å²) in [5.74, 6) is 0.423. The SMILES string of the molecule is CC(Cl)C(=O)N(CC(=O)N(Cc1ccccc1)Cc1ccco1)C1CC1. The molecule has 1 atom stereocenters. The van der Waals surface area contributed by atoms with Gasteiger partial charge in [0.05, 0.1) is 12.8 Å². The van der Waals surface area contributed by atoms with Crippen molar-refractivity contribution < 1.29 is 14.0 Å². The van der Waals surface area contributed by atoms with Gasteiger partial charge >= 0.3 is 0 Å². The molecule has 3 rings (SSSR count). The summed E-state index contributed by atoms with van der Waals surface area (Å²) in [7, 11) is 0. The number of furan rings is 1. The fourth-order valence-electron chi connectivity index (χ4n) is 2.87. The first kappa shape index (κ1) is 18.5. The topological polar surface area (TPSA) is 53.8 Å². The maximum absolute atomic E-state index is 13.0. The van der Waals surface area contributed by atoms with E-state index >= 15 is 0 Å². The van der Waals surface area contributed by atoms with Crippen LogP contribution in [-0.4, -0.2) is 39.6 Å². The lowest BCUT2D eigenvalue weighted by atomic mass is 10.2. The minimum Gasteiger partial charge on any atom is -0.467 e. The second-order valence-electron chi connectivity index (χ2n) is 6.63. The van der Waals surface area contributed by atoms with Crippen molar-refractivity contribution in [2.24, 2.45) is 0 Å². The summed E-state index contributed by atoms with van der Waals surface area (Å²) in [6, 6.07) is 13.6.